The molecule has 0 spiro atoms. The fourth-order valence-electron chi connectivity index (χ4n) is 1.66. The predicted molar refractivity (Wildman–Crippen MR) is 63.9 cm³/mol. The van der Waals surface area contributed by atoms with Gasteiger partial charge in [-0.15, -0.1) is 0 Å². The number of ether oxygens (including phenoxy) is 1. The largest absolute Gasteiger partial charge is 0.477 e. The number of pyridine rings is 1. The Hall–Kier alpha value is -2.44. The molecule has 0 aliphatic heterocycles. The number of rotatable bonds is 3. The van der Waals surface area contributed by atoms with Gasteiger partial charge in [-0.3, -0.25) is 4.68 Å². The Morgan fingerprint density at radius 3 is 2.68 bits per heavy atom. The molecule has 0 saturated carbocycles. The Bertz CT molecular complexity index is 652. The number of aromatic carboxylic acids is 1. The Morgan fingerprint density at radius 1 is 1.47 bits per heavy atom. The molecule has 2 aromatic heterocycles. The molecule has 19 heavy (non-hydrogen) atoms. The van der Waals surface area contributed by atoms with Crippen LogP contribution in [0.25, 0.3) is 0 Å². The average molecular weight is 265 g/mol. The van der Waals surface area contributed by atoms with Crippen LogP contribution < -0.4 is 4.74 Å². The summed E-state index contributed by atoms with van der Waals surface area (Å²) in [6, 6.07) is 0.867. The van der Waals surface area contributed by atoms with Gasteiger partial charge in [0.2, 0.25) is 5.88 Å². The van der Waals surface area contributed by atoms with Gasteiger partial charge < -0.3 is 9.84 Å². The fraction of sp³-hybridized carbons (Fsp3) is 0.250. The Labute approximate surface area is 108 Å². The van der Waals surface area contributed by atoms with Gasteiger partial charge in [0, 0.05) is 7.05 Å². The number of carbonyl (C=O) groups is 1. The summed E-state index contributed by atoms with van der Waals surface area (Å²) in [6.07, 6.45) is 0.906. The molecule has 0 aromatic carbocycles. The van der Waals surface area contributed by atoms with E-state index in [1.54, 1.807) is 25.6 Å². The summed E-state index contributed by atoms with van der Waals surface area (Å²) in [6.45, 7) is 3.51. The Kier molecular flexibility index (Phi) is 3.20. The fourth-order valence-corrected chi connectivity index (χ4v) is 1.66. The molecule has 0 fully saturated rings. The molecule has 6 nitrogen and oxygen atoms in total. The molecular formula is C12H12FN3O3. The number of aryl methyl sites for hydroxylation is 2. The van der Waals surface area contributed by atoms with Crippen molar-refractivity contribution < 1.29 is 19.0 Å². The van der Waals surface area contributed by atoms with Crippen molar-refractivity contribution in [3.63, 3.8) is 0 Å². The first-order valence-corrected chi connectivity index (χ1v) is 5.47. The number of halogens is 1. The molecule has 0 amide bonds. The lowest BCUT2D eigenvalue weighted by molar-refractivity contribution is 0.0692. The van der Waals surface area contributed by atoms with Gasteiger partial charge in [0.25, 0.3) is 0 Å². The van der Waals surface area contributed by atoms with Crippen LogP contribution in [0.1, 0.15) is 21.7 Å². The van der Waals surface area contributed by atoms with E-state index < -0.39 is 11.8 Å². The topological polar surface area (TPSA) is 77.2 Å². The molecule has 0 bridgehead atoms. The molecule has 7 heteroatoms. The van der Waals surface area contributed by atoms with Crippen molar-refractivity contribution >= 4 is 5.97 Å². The van der Waals surface area contributed by atoms with Crippen molar-refractivity contribution in [1.29, 1.82) is 0 Å². The third kappa shape index (κ3) is 2.40. The van der Waals surface area contributed by atoms with E-state index in [-0.39, 0.29) is 11.4 Å². The van der Waals surface area contributed by atoms with E-state index in [4.69, 9.17) is 9.84 Å². The second kappa shape index (κ2) is 4.68. The van der Waals surface area contributed by atoms with Gasteiger partial charge in [-0.2, -0.15) is 5.10 Å². The lowest BCUT2D eigenvalue weighted by Gasteiger charge is -2.07. The van der Waals surface area contributed by atoms with E-state index in [1.165, 1.54) is 0 Å². The van der Waals surface area contributed by atoms with Crippen molar-refractivity contribution in [1.82, 2.24) is 14.8 Å². The molecular weight excluding hydrogens is 253 g/mol. The molecule has 0 radical (unpaired) electrons. The summed E-state index contributed by atoms with van der Waals surface area (Å²) in [7, 11) is 1.74. The van der Waals surface area contributed by atoms with E-state index in [0.717, 1.165) is 18.0 Å². The van der Waals surface area contributed by atoms with Crippen LogP contribution in [0.3, 0.4) is 0 Å². The van der Waals surface area contributed by atoms with Gasteiger partial charge in [0.15, 0.2) is 5.75 Å². The maximum Gasteiger partial charge on any atom is 0.341 e. The van der Waals surface area contributed by atoms with Crippen molar-refractivity contribution in [2.24, 2.45) is 7.05 Å². The molecule has 0 unspecified atom stereocenters. The minimum atomic E-state index is -1.30. The van der Waals surface area contributed by atoms with E-state index >= 15 is 0 Å². The number of hydrogen-bond acceptors (Lipinski definition) is 4. The van der Waals surface area contributed by atoms with E-state index in [2.05, 4.69) is 10.1 Å². The lowest BCUT2D eigenvalue weighted by atomic mass is 10.2. The number of carboxylic acids is 1. The number of nitrogens with zero attached hydrogens (tertiary/aromatic N) is 3. The Balaban J connectivity index is 2.46. The lowest BCUT2D eigenvalue weighted by Crippen LogP contribution is -2.03. The second-order valence-electron chi connectivity index (χ2n) is 4.04. The Morgan fingerprint density at radius 2 is 2.16 bits per heavy atom. The third-order valence-corrected chi connectivity index (χ3v) is 2.69. The molecule has 100 valence electrons. The first-order valence-electron chi connectivity index (χ1n) is 5.47. The molecule has 2 rings (SSSR count). The third-order valence-electron chi connectivity index (χ3n) is 2.69. The van der Waals surface area contributed by atoms with Gasteiger partial charge >= 0.3 is 5.97 Å². The molecule has 0 saturated heterocycles. The highest BCUT2D eigenvalue weighted by Gasteiger charge is 2.18. The predicted octanol–water partition coefficient (Wildman–Crippen LogP) is 2.06. The van der Waals surface area contributed by atoms with Gasteiger partial charge in [-0.25, -0.2) is 14.2 Å². The number of hydrogen-bond donors (Lipinski definition) is 1. The van der Waals surface area contributed by atoms with Crippen molar-refractivity contribution in [2.45, 2.75) is 13.8 Å². The van der Waals surface area contributed by atoms with Crippen molar-refractivity contribution in [3.05, 3.63) is 35.0 Å². The molecule has 1 N–H and O–H groups in total. The average Bonchev–Trinajstić information content (AvgIpc) is 2.57. The summed E-state index contributed by atoms with van der Waals surface area (Å²) in [4.78, 5) is 14.7. The van der Waals surface area contributed by atoms with Gasteiger partial charge in [-0.1, -0.05) is 0 Å². The minimum absolute atomic E-state index is 0.159. The van der Waals surface area contributed by atoms with Crippen molar-refractivity contribution in [3.8, 4) is 11.6 Å². The number of aromatic nitrogens is 3. The van der Waals surface area contributed by atoms with Crippen molar-refractivity contribution in [2.75, 3.05) is 0 Å². The van der Waals surface area contributed by atoms with E-state index in [9.17, 15) is 9.18 Å². The molecule has 0 aliphatic carbocycles. The quantitative estimate of drug-likeness (QED) is 0.919. The molecule has 0 aliphatic rings. The van der Waals surface area contributed by atoms with Gasteiger partial charge in [0.05, 0.1) is 11.9 Å². The zero-order valence-electron chi connectivity index (χ0n) is 10.6. The van der Waals surface area contributed by atoms with Crippen LogP contribution in [-0.4, -0.2) is 25.8 Å². The SMILES string of the molecule is Cc1nn(C)c(C)c1Oc1ncc(F)cc1C(=O)O. The zero-order valence-corrected chi connectivity index (χ0v) is 10.6. The smallest absolute Gasteiger partial charge is 0.341 e. The van der Waals surface area contributed by atoms with Crippen LogP contribution in [-0.2, 0) is 7.05 Å². The highest BCUT2D eigenvalue weighted by Crippen LogP contribution is 2.29. The summed E-state index contributed by atoms with van der Waals surface area (Å²) >= 11 is 0. The normalized spacial score (nSPS) is 10.5. The van der Waals surface area contributed by atoms with E-state index in [1.807, 2.05) is 0 Å². The monoisotopic (exact) mass is 265 g/mol. The van der Waals surface area contributed by atoms with Crippen LogP contribution in [0, 0.1) is 19.7 Å². The summed E-state index contributed by atoms with van der Waals surface area (Å²) in [5, 5.41) is 13.1. The molecule has 2 aromatic rings. The summed E-state index contributed by atoms with van der Waals surface area (Å²) in [5.74, 6) is -1.78. The van der Waals surface area contributed by atoms with Crippen LogP contribution in [0.2, 0.25) is 0 Å². The van der Waals surface area contributed by atoms with E-state index in [0.29, 0.717) is 11.4 Å². The second-order valence-corrected chi connectivity index (χ2v) is 4.04. The number of carboxylic acid groups (broad SMARTS) is 1. The van der Waals surface area contributed by atoms with Crippen LogP contribution in [0.4, 0.5) is 4.39 Å². The molecule has 0 atom stereocenters. The maximum absolute atomic E-state index is 13.0. The standard InChI is InChI=1S/C12H12FN3O3/c1-6-10(7(2)16(3)15-6)19-11-9(12(17)18)4-8(13)5-14-11/h4-5H,1-3H3,(H,17,18). The first-order chi connectivity index (χ1) is 8.90. The van der Waals surface area contributed by atoms with Gasteiger partial charge in [-0.05, 0) is 19.9 Å². The highest BCUT2D eigenvalue weighted by molar-refractivity contribution is 5.90. The molecule has 2 heterocycles. The first kappa shape index (κ1) is 13.0. The maximum atomic E-state index is 13.0. The van der Waals surface area contributed by atoms with Crippen LogP contribution in [0.5, 0.6) is 11.6 Å². The van der Waals surface area contributed by atoms with Crippen LogP contribution in [0.15, 0.2) is 12.3 Å². The summed E-state index contributed by atoms with van der Waals surface area (Å²) in [5.41, 5.74) is 0.991. The van der Waals surface area contributed by atoms with Gasteiger partial charge in [0.1, 0.15) is 17.1 Å². The highest BCUT2D eigenvalue weighted by atomic mass is 19.1. The summed E-state index contributed by atoms with van der Waals surface area (Å²) < 4.78 is 20.1. The zero-order chi connectivity index (χ0) is 14.2. The van der Waals surface area contributed by atoms with Crippen LogP contribution >= 0.6 is 0 Å². The minimum Gasteiger partial charge on any atom is -0.477 e.